The third-order valence-electron chi connectivity index (χ3n) is 2.20. The van der Waals surface area contributed by atoms with Gasteiger partial charge >= 0.3 is 0 Å². The number of aryl methyl sites for hydroxylation is 1. The van der Waals surface area contributed by atoms with E-state index in [4.69, 9.17) is 5.73 Å². The Bertz CT molecular complexity index is 266. The minimum Gasteiger partial charge on any atom is -0.324 e. The molecule has 1 heteroatoms. The van der Waals surface area contributed by atoms with Gasteiger partial charge in [0.15, 0.2) is 0 Å². The van der Waals surface area contributed by atoms with E-state index in [1.165, 1.54) is 11.1 Å². The summed E-state index contributed by atoms with van der Waals surface area (Å²) in [7, 11) is 0. The first-order valence-corrected chi connectivity index (χ1v) is 4.91. The molecule has 0 aliphatic carbocycles. The molecule has 0 bridgehead atoms. The van der Waals surface area contributed by atoms with Crippen molar-refractivity contribution in [2.75, 3.05) is 0 Å². The Balaban J connectivity index is 2.71. The molecule has 72 valence electrons. The van der Waals surface area contributed by atoms with Gasteiger partial charge in [-0.1, -0.05) is 43.7 Å². The summed E-state index contributed by atoms with van der Waals surface area (Å²) in [6.45, 7) is 6.51. The van der Waals surface area contributed by atoms with Crippen molar-refractivity contribution in [1.29, 1.82) is 0 Å². The predicted octanol–water partition coefficient (Wildman–Crippen LogP) is 3.04. The fourth-order valence-electron chi connectivity index (χ4n) is 1.54. The van der Waals surface area contributed by atoms with Crippen LogP contribution < -0.4 is 5.73 Å². The van der Waals surface area contributed by atoms with E-state index in [0.717, 1.165) is 6.42 Å². The molecule has 0 saturated carbocycles. The zero-order chi connectivity index (χ0) is 9.84. The van der Waals surface area contributed by atoms with Crippen molar-refractivity contribution >= 4 is 0 Å². The van der Waals surface area contributed by atoms with Crippen LogP contribution in [0.15, 0.2) is 24.3 Å². The molecule has 0 saturated heterocycles. The van der Waals surface area contributed by atoms with Crippen LogP contribution in [-0.4, -0.2) is 0 Å². The smallest absolute Gasteiger partial charge is 0.0297 e. The second kappa shape index (κ2) is 4.43. The van der Waals surface area contributed by atoms with E-state index >= 15 is 0 Å². The van der Waals surface area contributed by atoms with E-state index in [0.29, 0.717) is 5.92 Å². The number of benzene rings is 1. The zero-order valence-corrected chi connectivity index (χ0v) is 8.75. The molecule has 0 unspecified atom stereocenters. The molecule has 2 N–H and O–H groups in total. The monoisotopic (exact) mass is 177 g/mol. The minimum absolute atomic E-state index is 0.194. The lowest BCUT2D eigenvalue weighted by molar-refractivity contribution is 0.510. The lowest BCUT2D eigenvalue weighted by atomic mass is 9.97. The number of nitrogens with two attached hydrogens (primary N) is 1. The second-order valence-corrected chi connectivity index (χ2v) is 4.15. The van der Waals surface area contributed by atoms with Crippen molar-refractivity contribution in [3.63, 3.8) is 0 Å². The van der Waals surface area contributed by atoms with Gasteiger partial charge in [-0.2, -0.15) is 0 Å². The lowest BCUT2D eigenvalue weighted by Gasteiger charge is -2.14. The van der Waals surface area contributed by atoms with Crippen LogP contribution in [0, 0.1) is 12.8 Å². The van der Waals surface area contributed by atoms with Gasteiger partial charge in [0.2, 0.25) is 0 Å². The fraction of sp³-hybridized carbons (Fsp3) is 0.500. The molecule has 0 radical (unpaired) electrons. The summed E-state index contributed by atoms with van der Waals surface area (Å²) in [6.07, 6.45) is 1.06. The Labute approximate surface area is 81.0 Å². The van der Waals surface area contributed by atoms with Crippen molar-refractivity contribution < 1.29 is 0 Å². The van der Waals surface area contributed by atoms with Gasteiger partial charge in [-0.25, -0.2) is 0 Å². The van der Waals surface area contributed by atoms with Crippen LogP contribution in [0.3, 0.4) is 0 Å². The highest BCUT2D eigenvalue weighted by atomic mass is 14.6. The predicted molar refractivity (Wildman–Crippen MR) is 57.6 cm³/mol. The van der Waals surface area contributed by atoms with Gasteiger partial charge in [0.05, 0.1) is 0 Å². The number of hydrogen-bond donors (Lipinski definition) is 1. The summed E-state index contributed by atoms with van der Waals surface area (Å²) < 4.78 is 0. The topological polar surface area (TPSA) is 26.0 Å². The van der Waals surface area contributed by atoms with E-state index in [2.05, 4.69) is 45.0 Å². The maximum Gasteiger partial charge on any atom is 0.0297 e. The Hall–Kier alpha value is -0.820. The average molecular weight is 177 g/mol. The summed E-state index contributed by atoms with van der Waals surface area (Å²) in [5, 5.41) is 0. The molecule has 0 amide bonds. The van der Waals surface area contributed by atoms with Crippen LogP contribution in [0.25, 0.3) is 0 Å². The van der Waals surface area contributed by atoms with Gasteiger partial charge in [0, 0.05) is 6.04 Å². The van der Waals surface area contributed by atoms with Crippen LogP contribution in [0.4, 0.5) is 0 Å². The van der Waals surface area contributed by atoms with Crippen LogP contribution in [0.2, 0.25) is 0 Å². The third kappa shape index (κ3) is 3.19. The molecule has 0 aromatic heterocycles. The van der Waals surface area contributed by atoms with E-state index in [1.807, 2.05) is 0 Å². The molecule has 13 heavy (non-hydrogen) atoms. The van der Waals surface area contributed by atoms with Gasteiger partial charge in [0.25, 0.3) is 0 Å². The third-order valence-corrected chi connectivity index (χ3v) is 2.20. The number of hydrogen-bond acceptors (Lipinski definition) is 1. The fourth-order valence-corrected chi connectivity index (χ4v) is 1.54. The number of rotatable bonds is 3. The van der Waals surface area contributed by atoms with E-state index in [-0.39, 0.29) is 6.04 Å². The highest BCUT2D eigenvalue weighted by Gasteiger charge is 2.07. The van der Waals surface area contributed by atoms with Crippen molar-refractivity contribution in [2.45, 2.75) is 33.2 Å². The summed E-state index contributed by atoms with van der Waals surface area (Å²) in [5.41, 5.74) is 8.61. The molecule has 1 aromatic rings. The first-order valence-electron chi connectivity index (χ1n) is 4.91. The van der Waals surface area contributed by atoms with Gasteiger partial charge in [0.1, 0.15) is 0 Å². The molecular weight excluding hydrogens is 158 g/mol. The van der Waals surface area contributed by atoms with Gasteiger partial charge in [-0.05, 0) is 24.8 Å². The highest BCUT2D eigenvalue weighted by molar-refractivity contribution is 5.24. The Kier molecular flexibility index (Phi) is 3.49. The second-order valence-electron chi connectivity index (χ2n) is 4.15. The molecule has 0 fully saturated rings. The molecule has 0 aliphatic rings. The molecule has 1 aromatic carbocycles. The first-order chi connectivity index (χ1) is 6.09. The summed E-state index contributed by atoms with van der Waals surface area (Å²) in [5.74, 6) is 0.663. The molecule has 0 aliphatic heterocycles. The molecule has 1 atom stereocenters. The Morgan fingerprint density at radius 3 is 2.54 bits per heavy atom. The van der Waals surface area contributed by atoms with Crippen molar-refractivity contribution in [3.05, 3.63) is 35.4 Å². The standard InChI is InChI=1S/C12H19N/c1-9(2)7-12(13)11-6-4-5-10(3)8-11/h4-6,8-9,12H,7,13H2,1-3H3/t12-/m0/s1. The van der Waals surface area contributed by atoms with E-state index in [1.54, 1.807) is 0 Å². The van der Waals surface area contributed by atoms with Crippen molar-refractivity contribution in [3.8, 4) is 0 Å². The molecule has 0 spiro atoms. The van der Waals surface area contributed by atoms with Gasteiger partial charge in [-0.3, -0.25) is 0 Å². The summed E-state index contributed by atoms with van der Waals surface area (Å²) in [6, 6.07) is 8.66. The maximum absolute atomic E-state index is 6.06. The van der Waals surface area contributed by atoms with Crippen LogP contribution in [0.1, 0.15) is 37.4 Å². The Morgan fingerprint density at radius 2 is 2.00 bits per heavy atom. The minimum atomic E-state index is 0.194. The molecule has 1 nitrogen and oxygen atoms in total. The molecule has 1 rings (SSSR count). The maximum atomic E-state index is 6.06. The lowest BCUT2D eigenvalue weighted by Crippen LogP contribution is -2.12. The normalized spacial score (nSPS) is 13.3. The van der Waals surface area contributed by atoms with E-state index < -0.39 is 0 Å². The van der Waals surface area contributed by atoms with Gasteiger partial charge < -0.3 is 5.73 Å². The zero-order valence-electron chi connectivity index (χ0n) is 8.75. The SMILES string of the molecule is Cc1cccc([C@@H](N)CC(C)C)c1. The summed E-state index contributed by atoms with van der Waals surface area (Å²) in [4.78, 5) is 0. The average Bonchev–Trinajstić information content (AvgIpc) is 2.03. The largest absolute Gasteiger partial charge is 0.324 e. The Morgan fingerprint density at radius 1 is 1.31 bits per heavy atom. The molecule has 0 heterocycles. The van der Waals surface area contributed by atoms with Crippen LogP contribution >= 0.6 is 0 Å². The highest BCUT2D eigenvalue weighted by Crippen LogP contribution is 2.19. The van der Waals surface area contributed by atoms with E-state index in [9.17, 15) is 0 Å². The summed E-state index contributed by atoms with van der Waals surface area (Å²) >= 11 is 0. The molecular formula is C12H19N. The van der Waals surface area contributed by atoms with Crippen molar-refractivity contribution in [1.82, 2.24) is 0 Å². The van der Waals surface area contributed by atoms with Crippen LogP contribution in [0.5, 0.6) is 0 Å². The van der Waals surface area contributed by atoms with Crippen molar-refractivity contribution in [2.24, 2.45) is 11.7 Å². The van der Waals surface area contributed by atoms with Crippen LogP contribution in [-0.2, 0) is 0 Å². The quantitative estimate of drug-likeness (QED) is 0.754. The first kappa shape index (κ1) is 10.3. The van der Waals surface area contributed by atoms with Gasteiger partial charge in [-0.15, -0.1) is 0 Å².